The second kappa shape index (κ2) is 5.85. The Bertz CT molecular complexity index is 537. The number of hydrogen-bond donors (Lipinski definition) is 0. The van der Waals surface area contributed by atoms with Crippen molar-refractivity contribution >= 4 is 27.5 Å². The standard InChI is InChI=1S/C15H15BrClN/c1-10-3-6-13(18-9-10)8-15(17)12-5-4-11(2)14(16)7-12/h3-7,9,15H,8H2,1-2H3. The molecule has 2 rings (SSSR count). The number of halogens is 2. The maximum absolute atomic E-state index is 6.44. The van der Waals surface area contributed by atoms with Crippen molar-refractivity contribution in [2.75, 3.05) is 0 Å². The van der Waals surface area contributed by atoms with E-state index < -0.39 is 0 Å². The number of hydrogen-bond acceptors (Lipinski definition) is 1. The van der Waals surface area contributed by atoms with Crippen LogP contribution in [0.2, 0.25) is 0 Å². The third-order valence-electron chi connectivity index (χ3n) is 2.92. The van der Waals surface area contributed by atoms with E-state index in [1.165, 1.54) is 11.1 Å². The minimum atomic E-state index is -0.0443. The molecule has 18 heavy (non-hydrogen) atoms. The molecule has 2 aromatic rings. The van der Waals surface area contributed by atoms with Gasteiger partial charge in [0.1, 0.15) is 0 Å². The van der Waals surface area contributed by atoms with Crippen LogP contribution in [0.25, 0.3) is 0 Å². The summed E-state index contributed by atoms with van der Waals surface area (Å²) in [5.41, 5.74) is 4.54. The van der Waals surface area contributed by atoms with Gasteiger partial charge in [-0.15, -0.1) is 11.6 Å². The van der Waals surface area contributed by atoms with Crippen LogP contribution in [-0.2, 0) is 6.42 Å². The Kier molecular flexibility index (Phi) is 4.41. The molecule has 0 N–H and O–H groups in total. The summed E-state index contributed by atoms with van der Waals surface area (Å²) in [5.74, 6) is 0. The van der Waals surface area contributed by atoms with Crippen LogP contribution in [0.1, 0.15) is 27.8 Å². The Morgan fingerprint density at radius 2 is 2.00 bits per heavy atom. The highest BCUT2D eigenvalue weighted by Gasteiger charge is 2.10. The van der Waals surface area contributed by atoms with Gasteiger partial charge in [0.25, 0.3) is 0 Å². The van der Waals surface area contributed by atoms with Gasteiger partial charge in [-0.1, -0.05) is 34.1 Å². The number of pyridine rings is 1. The maximum Gasteiger partial charge on any atom is 0.0641 e. The highest BCUT2D eigenvalue weighted by atomic mass is 79.9. The molecule has 0 aliphatic rings. The molecule has 94 valence electrons. The zero-order valence-corrected chi connectivity index (χ0v) is 12.8. The largest absolute Gasteiger partial charge is 0.261 e. The van der Waals surface area contributed by atoms with E-state index in [9.17, 15) is 0 Å². The quantitative estimate of drug-likeness (QED) is 0.725. The van der Waals surface area contributed by atoms with Gasteiger partial charge >= 0.3 is 0 Å². The SMILES string of the molecule is Cc1ccc(CC(Cl)c2ccc(C)c(Br)c2)nc1. The van der Waals surface area contributed by atoms with Crippen molar-refractivity contribution < 1.29 is 0 Å². The first-order valence-corrected chi connectivity index (χ1v) is 7.11. The van der Waals surface area contributed by atoms with Crippen LogP contribution < -0.4 is 0 Å². The molecule has 0 amide bonds. The molecule has 0 aliphatic heterocycles. The fraction of sp³-hybridized carbons (Fsp3) is 0.267. The van der Waals surface area contributed by atoms with E-state index in [1.54, 1.807) is 0 Å². The molecule has 1 unspecified atom stereocenters. The Balaban J connectivity index is 2.13. The molecule has 1 aromatic heterocycles. The lowest BCUT2D eigenvalue weighted by Crippen LogP contribution is -1.98. The summed E-state index contributed by atoms with van der Waals surface area (Å²) in [4.78, 5) is 4.39. The van der Waals surface area contributed by atoms with Gasteiger partial charge in [0.15, 0.2) is 0 Å². The van der Waals surface area contributed by atoms with Crippen LogP contribution in [0.5, 0.6) is 0 Å². The van der Waals surface area contributed by atoms with E-state index in [-0.39, 0.29) is 5.38 Å². The van der Waals surface area contributed by atoms with Gasteiger partial charge in [-0.2, -0.15) is 0 Å². The van der Waals surface area contributed by atoms with E-state index in [1.807, 2.05) is 19.2 Å². The average molecular weight is 325 g/mol. The minimum Gasteiger partial charge on any atom is -0.261 e. The van der Waals surface area contributed by atoms with Gasteiger partial charge in [0, 0.05) is 22.8 Å². The molecular weight excluding hydrogens is 310 g/mol. The van der Waals surface area contributed by atoms with Crippen molar-refractivity contribution in [3.05, 3.63) is 63.4 Å². The first kappa shape index (κ1) is 13.6. The first-order valence-electron chi connectivity index (χ1n) is 5.88. The van der Waals surface area contributed by atoms with Crippen LogP contribution in [0.15, 0.2) is 41.0 Å². The smallest absolute Gasteiger partial charge is 0.0641 e. The van der Waals surface area contributed by atoms with Crippen molar-refractivity contribution in [3.63, 3.8) is 0 Å². The summed E-state index contributed by atoms with van der Waals surface area (Å²) >= 11 is 9.98. The summed E-state index contributed by atoms with van der Waals surface area (Å²) in [7, 11) is 0. The predicted molar refractivity (Wildman–Crippen MR) is 80.2 cm³/mol. The first-order chi connectivity index (χ1) is 8.56. The van der Waals surface area contributed by atoms with Crippen LogP contribution in [0.3, 0.4) is 0 Å². The highest BCUT2D eigenvalue weighted by molar-refractivity contribution is 9.10. The topological polar surface area (TPSA) is 12.9 Å². The van der Waals surface area contributed by atoms with Gasteiger partial charge in [0.05, 0.1) is 5.38 Å². The van der Waals surface area contributed by atoms with Gasteiger partial charge in [0.2, 0.25) is 0 Å². The van der Waals surface area contributed by atoms with Crippen LogP contribution in [0.4, 0.5) is 0 Å². The summed E-state index contributed by atoms with van der Waals surface area (Å²) < 4.78 is 1.10. The molecule has 0 aliphatic carbocycles. The van der Waals surface area contributed by atoms with Gasteiger partial charge in [-0.05, 0) is 42.7 Å². The number of aryl methyl sites for hydroxylation is 2. The molecule has 1 nitrogen and oxygen atoms in total. The molecule has 0 fully saturated rings. The van der Waals surface area contributed by atoms with E-state index in [2.05, 4.69) is 52.1 Å². The van der Waals surface area contributed by atoms with E-state index >= 15 is 0 Å². The molecule has 0 saturated carbocycles. The monoisotopic (exact) mass is 323 g/mol. The summed E-state index contributed by atoms with van der Waals surface area (Å²) in [5, 5.41) is -0.0443. The number of nitrogens with zero attached hydrogens (tertiary/aromatic N) is 1. The molecule has 0 radical (unpaired) electrons. The minimum absolute atomic E-state index is 0.0443. The highest BCUT2D eigenvalue weighted by Crippen LogP contribution is 2.28. The van der Waals surface area contributed by atoms with Crippen LogP contribution >= 0.6 is 27.5 Å². The summed E-state index contributed by atoms with van der Waals surface area (Å²) in [6, 6.07) is 10.3. The fourth-order valence-corrected chi connectivity index (χ4v) is 2.41. The van der Waals surface area contributed by atoms with E-state index in [0.29, 0.717) is 0 Å². The van der Waals surface area contributed by atoms with Crippen LogP contribution in [-0.4, -0.2) is 4.98 Å². The lowest BCUT2D eigenvalue weighted by atomic mass is 10.1. The average Bonchev–Trinajstić information content (AvgIpc) is 2.35. The Hall–Kier alpha value is -0.860. The van der Waals surface area contributed by atoms with Crippen molar-refractivity contribution in [1.29, 1.82) is 0 Å². The van der Waals surface area contributed by atoms with E-state index in [4.69, 9.17) is 11.6 Å². The number of rotatable bonds is 3. The number of benzene rings is 1. The molecular formula is C15H15BrClN. The normalized spacial score (nSPS) is 12.4. The zero-order chi connectivity index (χ0) is 13.1. The molecule has 1 heterocycles. The Labute approximate surface area is 121 Å². The molecule has 1 aromatic carbocycles. The molecule has 3 heteroatoms. The van der Waals surface area contributed by atoms with Crippen molar-refractivity contribution in [3.8, 4) is 0 Å². The summed E-state index contributed by atoms with van der Waals surface area (Å²) in [6.45, 7) is 4.10. The van der Waals surface area contributed by atoms with Gasteiger partial charge in [-0.25, -0.2) is 0 Å². The van der Waals surface area contributed by atoms with Crippen molar-refractivity contribution in [1.82, 2.24) is 4.98 Å². The fourth-order valence-electron chi connectivity index (χ4n) is 1.72. The Morgan fingerprint density at radius 1 is 1.22 bits per heavy atom. The molecule has 0 saturated heterocycles. The third-order valence-corrected chi connectivity index (χ3v) is 4.18. The summed E-state index contributed by atoms with van der Waals surface area (Å²) in [6.07, 6.45) is 2.63. The van der Waals surface area contributed by atoms with Gasteiger partial charge < -0.3 is 0 Å². The maximum atomic E-state index is 6.44. The van der Waals surface area contributed by atoms with E-state index in [0.717, 1.165) is 22.2 Å². The number of alkyl halides is 1. The lowest BCUT2D eigenvalue weighted by molar-refractivity contribution is 0.877. The lowest BCUT2D eigenvalue weighted by Gasteiger charge is -2.11. The third kappa shape index (κ3) is 3.33. The predicted octanol–water partition coefficient (Wildman–Crippen LogP) is 4.98. The molecule has 0 spiro atoms. The van der Waals surface area contributed by atoms with Crippen molar-refractivity contribution in [2.24, 2.45) is 0 Å². The second-order valence-corrected chi connectivity index (χ2v) is 5.89. The Morgan fingerprint density at radius 3 is 2.61 bits per heavy atom. The van der Waals surface area contributed by atoms with Gasteiger partial charge in [-0.3, -0.25) is 4.98 Å². The second-order valence-electron chi connectivity index (χ2n) is 4.51. The number of aromatic nitrogens is 1. The molecule has 1 atom stereocenters. The van der Waals surface area contributed by atoms with Crippen LogP contribution in [0, 0.1) is 13.8 Å². The van der Waals surface area contributed by atoms with Crippen molar-refractivity contribution in [2.45, 2.75) is 25.6 Å². The molecule has 0 bridgehead atoms. The zero-order valence-electron chi connectivity index (χ0n) is 10.5.